The van der Waals surface area contributed by atoms with Crippen LogP contribution in [-0.4, -0.2) is 58.2 Å². The highest BCUT2D eigenvalue weighted by molar-refractivity contribution is 6.09. The highest BCUT2D eigenvalue weighted by atomic mass is 16.5. The number of piperazine rings is 1. The lowest BCUT2D eigenvalue weighted by Crippen LogP contribution is -2.51. The summed E-state index contributed by atoms with van der Waals surface area (Å²) >= 11 is 0. The van der Waals surface area contributed by atoms with Gasteiger partial charge in [0.25, 0.3) is 5.91 Å². The molecule has 34 heavy (non-hydrogen) atoms. The number of amides is 1. The largest absolute Gasteiger partial charge is 0.497 e. The Hall–Kier alpha value is -3.36. The van der Waals surface area contributed by atoms with Crippen molar-refractivity contribution in [1.29, 1.82) is 0 Å². The molecular formula is C26H33N5O3. The second-order valence-electron chi connectivity index (χ2n) is 8.79. The predicted molar refractivity (Wildman–Crippen MR) is 136 cm³/mol. The molecule has 4 rings (SSSR count). The molecular weight excluding hydrogens is 430 g/mol. The number of hydrogen-bond donors (Lipinski definition) is 3. The summed E-state index contributed by atoms with van der Waals surface area (Å²) in [5.41, 5.74) is 11.0. The van der Waals surface area contributed by atoms with E-state index in [9.17, 15) is 4.79 Å². The molecule has 4 N–H and O–H groups in total. The maximum atomic E-state index is 13.3. The first-order valence-corrected chi connectivity index (χ1v) is 11.5. The number of rotatable bonds is 7. The van der Waals surface area contributed by atoms with Crippen molar-refractivity contribution in [2.45, 2.75) is 32.2 Å². The lowest BCUT2D eigenvalue weighted by molar-refractivity contribution is 0.0939. The van der Waals surface area contributed by atoms with Crippen molar-refractivity contribution in [3.05, 3.63) is 64.9 Å². The summed E-state index contributed by atoms with van der Waals surface area (Å²) < 4.78 is 11.2. The van der Waals surface area contributed by atoms with Crippen molar-refractivity contribution in [1.82, 2.24) is 10.6 Å². The lowest BCUT2D eigenvalue weighted by atomic mass is 9.99. The molecule has 8 nitrogen and oxygen atoms in total. The van der Waals surface area contributed by atoms with Gasteiger partial charge in [-0.2, -0.15) is 0 Å². The van der Waals surface area contributed by atoms with Gasteiger partial charge in [0.15, 0.2) is 0 Å². The van der Waals surface area contributed by atoms with Crippen LogP contribution in [0.2, 0.25) is 0 Å². The molecule has 2 aliphatic rings. The van der Waals surface area contributed by atoms with Gasteiger partial charge in [-0.05, 0) is 60.9 Å². The zero-order chi connectivity index (χ0) is 24.2. The number of benzene rings is 2. The van der Waals surface area contributed by atoms with E-state index >= 15 is 0 Å². The molecule has 0 aromatic heterocycles. The third-order valence-corrected chi connectivity index (χ3v) is 6.37. The number of hydrogen-bond acceptors (Lipinski definition) is 7. The summed E-state index contributed by atoms with van der Waals surface area (Å²) in [5, 5.41) is 6.59. The fourth-order valence-electron chi connectivity index (χ4n) is 4.47. The van der Waals surface area contributed by atoms with E-state index in [1.54, 1.807) is 20.4 Å². The summed E-state index contributed by atoms with van der Waals surface area (Å²) in [6, 6.07) is 12.0. The van der Waals surface area contributed by atoms with E-state index < -0.39 is 0 Å². The van der Waals surface area contributed by atoms with Gasteiger partial charge in [0, 0.05) is 42.8 Å². The Morgan fingerprint density at radius 1 is 1.32 bits per heavy atom. The highest BCUT2D eigenvalue weighted by Gasteiger charge is 2.33. The molecule has 0 spiro atoms. The average Bonchev–Trinajstić information content (AvgIpc) is 3.19. The van der Waals surface area contributed by atoms with Gasteiger partial charge in [-0.15, -0.1) is 0 Å². The predicted octanol–water partition coefficient (Wildman–Crippen LogP) is 2.63. The van der Waals surface area contributed by atoms with Crippen molar-refractivity contribution in [2.24, 2.45) is 10.7 Å². The first kappa shape index (κ1) is 23.8. The van der Waals surface area contributed by atoms with E-state index in [-0.39, 0.29) is 18.2 Å². The Labute approximate surface area is 200 Å². The SMILES string of the molecule is CN=CC(=CN)c1cc(OC)cc([C@@H](C)NC(=O)c2cc(N3C[C@@H]4CO[C@H](C3)N4)ccc2C)c1. The fourth-order valence-corrected chi connectivity index (χ4v) is 4.47. The molecule has 8 heteroatoms. The number of allylic oxidation sites excluding steroid dienone is 1. The quantitative estimate of drug-likeness (QED) is 0.546. The first-order chi connectivity index (χ1) is 16.4. The van der Waals surface area contributed by atoms with Crippen LogP contribution in [0.3, 0.4) is 0 Å². The second-order valence-corrected chi connectivity index (χ2v) is 8.79. The van der Waals surface area contributed by atoms with Gasteiger partial charge < -0.3 is 25.4 Å². The number of fused-ring (bicyclic) bond motifs is 2. The Kier molecular flexibility index (Phi) is 7.19. The zero-order valence-electron chi connectivity index (χ0n) is 20.2. The van der Waals surface area contributed by atoms with Gasteiger partial charge in [-0.1, -0.05) is 6.07 Å². The number of ether oxygens (including phenoxy) is 2. The number of nitrogens with zero attached hydrogens (tertiary/aromatic N) is 2. The van der Waals surface area contributed by atoms with Crippen molar-refractivity contribution in [2.75, 3.05) is 38.8 Å². The van der Waals surface area contributed by atoms with Gasteiger partial charge in [-0.3, -0.25) is 15.1 Å². The van der Waals surface area contributed by atoms with Crippen LogP contribution in [0.15, 0.2) is 47.6 Å². The summed E-state index contributed by atoms with van der Waals surface area (Å²) in [5.74, 6) is 0.571. The maximum absolute atomic E-state index is 13.3. The van der Waals surface area contributed by atoms with Gasteiger partial charge in [0.2, 0.25) is 0 Å². The molecule has 2 bridgehead atoms. The molecule has 2 heterocycles. The average molecular weight is 464 g/mol. The van der Waals surface area contributed by atoms with Crippen LogP contribution in [0.25, 0.3) is 5.57 Å². The van der Waals surface area contributed by atoms with E-state index in [0.717, 1.165) is 47.6 Å². The smallest absolute Gasteiger partial charge is 0.252 e. The first-order valence-electron chi connectivity index (χ1n) is 11.5. The molecule has 2 aromatic carbocycles. The summed E-state index contributed by atoms with van der Waals surface area (Å²) in [6.07, 6.45) is 3.26. The molecule has 0 radical (unpaired) electrons. The van der Waals surface area contributed by atoms with E-state index in [2.05, 4.69) is 26.6 Å². The van der Waals surface area contributed by atoms with E-state index in [0.29, 0.717) is 17.4 Å². The van der Waals surface area contributed by atoms with Gasteiger partial charge >= 0.3 is 0 Å². The van der Waals surface area contributed by atoms with Crippen LogP contribution in [0, 0.1) is 6.92 Å². The maximum Gasteiger partial charge on any atom is 0.252 e. The van der Waals surface area contributed by atoms with Crippen molar-refractivity contribution < 1.29 is 14.3 Å². The minimum absolute atomic E-state index is 0.0461. The molecule has 0 saturated carbocycles. The van der Waals surface area contributed by atoms with E-state index in [4.69, 9.17) is 15.2 Å². The molecule has 2 saturated heterocycles. The standard InChI is InChI=1S/C26H33N5O3/c1-16-5-6-22(31-13-21-15-34-25(14-31)30-21)10-24(16)26(32)29-17(2)18-7-19(9-23(8-18)33-4)20(11-27)12-28-3/h5-12,17,21,25,30H,13-15,27H2,1-4H3,(H,29,32)/t17-,21-,25-/m1/s1. The zero-order valence-corrected chi connectivity index (χ0v) is 20.2. The van der Waals surface area contributed by atoms with E-state index in [1.807, 2.05) is 44.2 Å². The van der Waals surface area contributed by atoms with Crippen molar-refractivity contribution >= 4 is 23.4 Å². The minimum Gasteiger partial charge on any atom is -0.497 e. The van der Waals surface area contributed by atoms with Crippen LogP contribution >= 0.6 is 0 Å². The third kappa shape index (κ3) is 5.08. The monoisotopic (exact) mass is 463 g/mol. The van der Waals surface area contributed by atoms with Crippen LogP contribution in [-0.2, 0) is 4.74 Å². The van der Waals surface area contributed by atoms with E-state index in [1.165, 1.54) is 6.20 Å². The number of anilines is 1. The number of carbonyl (C=O) groups is 1. The minimum atomic E-state index is -0.245. The number of aryl methyl sites for hydroxylation is 1. The van der Waals surface area contributed by atoms with Crippen molar-refractivity contribution in [3.8, 4) is 5.75 Å². The van der Waals surface area contributed by atoms with Crippen LogP contribution < -0.4 is 26.0 Å². The Morgan fingerprint density at radius 3 is 2.85 bits per heavy atom. The third-order valence-electron chi connectivity index (χ3n) is 6.37. The topological polar surface area (TPSA) is 101 Å². The summed E-state index contributed by atoms with van der Waals surface area (Å²) in [6.45, 7) is 6.27. The lowest BCUT2D eigenvalue weighted by Gasteiger charge is -2.33. The Morgan fingerprint density at radius 2 is 2.15 bits per heavy atom. The molecule has 0 unspecified atom stereocenters. The molecule has 2 aromatic rings. The van der Waals surface area contributed by atoms with Gasteiger partial charge in [-0.25, -0.2) is 0 Å². The summed E-state index contributed by atoms with van der Waals surface area (Å²) in [4.78, 5) is 19.7. The molecule has 2 fully saturated rings. The highest BCUT2D eigenvalue weighted by Crippen LogP contribution is 2.27. The number of carbonyl (C=O) groups excluding carboxylic acids is 1. The number of aliphatic imine (C=N–C) groups is 1. The molecule has 2 aliphatic heterocycles. The summed E-state index contributed by atoms with van der Waals surface area (Å²) in [7, 11) is 3.32. The molecule has 3 atom stereocenters. The normalized spacial score (nSPS) is 21.1. The van der Waals surface area contributed by atoms with Crippen LogP contribution in [0.5, 0.6) is 5.75 Å². The number of nitrogens with two attached hydrogens (primary N) is 1. The van der Waals surface area contributed by atoms with Crippen molar-refractivity contribution in [3.63, 3.8) is 0 Å². The Bertz CT molecular complexity index is 1100. The van der Waals surface area contributed by atoms with Crippen LogP contribution in [0.4, 0.5) is 5.69 Å². The van der Waals surface area contributed by atoms with Crippen LogP contribution in [0.1, 0.15) is 40.0 Å². The second kappa shape index (κ2) is 10.3. The van der Waals surface area contributed by atoms with Gasteiger partial charge in [0.05, 0.1) is 32.3 Å². The molecule has 1 amide bonds. The molecule has 0 aliphatic carbocycles. The van der Waals surface area contributed by atoms with Gasteiger partial charge in [0.1, 0.15) is 12.0 Å². The number of nitrogens with one attached hydrogen (secondary N) is 2. The number of methoxy groups -OCH3 is 1. The fraction of sp³-hybridized carbons (Fsp3) is 0.385. The Balaban J connectivity index is 1.55. The molecule has 180 valence electrons.